The maximum atomic E-state index is 12.3. The normalized spacial score (nSPS) is 14.7. The maximum Gasteiger partial charge on any atom is 0.246 e. The van der Waals surface area contributed by atoms with Crippen LogP contribution in [0.3, 0.4) is 0 Å². The molecule has 1 aromatic carbocycles. The molecule has 2 aromatic rings. The lowest BCUT2D eigenvalue weighted by Gasteiger charge is -2.27. The van der Waals surface area contributed by atoms with E-state index in [0.717, 1.165) is 12.8 Å². The third kappa shape index (κ3) is 4.26. The molecule has 0 spiro atoms. The number of nitrogens with zero attached hydrogens (tertiary/aromatic N) is 2. The van der Waals surface area contributed by atoms with Crippen LogP contribution in [0.15, 0.2) is 49.3 Å². The zero-order chi connectivity index (χ0) is 18.7. The average Bonchev–Trinajstić information content (AvgIpc) is 3.02. The molecular formula is C20H20Cl2N2O2. The van der Waals surface area contributed by atoms with E-state index in [4.69, 9.17) is 23.2 Å². The summed E-state index contributed by atoms with van der Waals surface area (Å²) in [4.78, 5) is 17.9. The minimum Gasteiger partial charge on any atom is -0.386 e. The first kappa shape index (κ1) is 18.9. The van der Waals surface area contributed by atoms with E-state index in [1.807, 2.05) is 12.1 Å². The van der Waals surface area contributed by atoms with Crippen LogP contribution in [0.2, 0.25) is 10.0 Å². The summed E-state index contributed by atoms with van der Waals surface area (Å²) in [7, 11) is 0. The molecule has 4 nitrogen and oxygen atoms in total. The lowest BCUT2D eigenvalue weighted by molar-refractivity contribution is -0.128. The van der Waals surface area contributed by atoms with Gasteiger partial charge in [-0.25, -0.2) is 0 Å². The first-order valence-corrected chi connectivity index (χ1v) is 9.19. The number of hydrogen-bond acceptors (Lipinski definition) is 3. The number of fused-ring (bicyclic) bond motifs is 1. The average molecular weight is 391 g/mol. The molecule has 0 saturated carbocycles. The molecular weight excluding hydrogens is 371 g/mol. The van der Waals surface area contributed by atoms with Crippen molar-refractivity contribution in [3.05, 3.63) is 76.0 Å². The molecule has 1 aliphatic rings. The molecule has 1 amide bonds. The Morgan fingerprint density at radius 2 is 2.00 bits per heavy atom. The Kier molecular flexibility index (Phi) is 5.97. The minimum atomic E-state index is -0.791. The standard InChI is InChI=1S/C20H20Cl2N2O2/c1-2-20(26)24(12-19(25)14-4-3-5-23-10-14)11-13-6-15-8-17(21)18(22)9-16(15)7-13/h2-5,8-10,13,19,25H,1,6-7,11-12H2/t19-/m1/s1. The minimum absolute atomic E-state index is 0.194. The van der Waals surface area contributed by atoms with E-state index in [2.05, 4.69) is 11.6 Å². The zero-order valence-electron chi connectivity index (χ0n) is 14.2. The van der Waals surface area contributed by atoms with E-state index in [0.29, 0.717) is 22.2 Å². The predicted octanol–water partition coefficient (Wildman–Crippen LogP) is 3.85. The number of hydrogen-bond donors (Lipinski definition) is 1. The van der Waals surface area contributed by atoms with Gasteiger partial charge < -0.3 is 10.0 Å². The van der Waals surface area contributed by atoms with Crippen molar-refractivity contribution in [2.45, 2.75) is 18.9 Å². The molecule has 0 unspecified atom stereocenters. The van der Waals surface area contributed by atoms with Gasteiger partial charge in [0.05, 0.1) is 22.7 Å². The second-order valence-electron chi connectivity index (χ2n) is 6.56. The van der Waals surface area contributed by atoms with Gasteiger partial charge in [-0.15, -0.1) is 0 Å². The molecule has 0 radical (unpaired) electrons. The van der Waals surface area contributed by atoms with Crippen LogP contribution in [-0.2, 0) is 17.6 Å². The summed E-state index contributed by atoms with van der Waals surface area (Å²) in [5.74, 6) is 0.0597. The highest BCUT2D eigenvalue weighted by Crippen LogP contribution is 2.34. The smallest absolute Gasteiger partial charge is 0.246 e. The Bertz CT molecular complexity index is 780. The van der Waals surface area contributed by atoms with Gasteiger partial charge in [0.25, 0.3) is 0 Å². The second-order valence-corrected chi connectivity index (χ2v) is 7.37. The second kappa shape index (κ2) is 8.21. The van der Waals surface area contributed by atoms with Crippen molar-refractivity contribution in [2.75, 3.05) is 13.1 Å². The van der Waals surface area contributed by atoms with Crippen LogP contribution in [0.4, 0.5) is 0 Å². The van der Waals surface area contributed by atoms with Gasteiger partial charge in [-0.1, -0.05) is 35.8 Å². The van der Waals surface area contributed by atoms with Crippen LogP contribution in [0, 0.1) is 5.92 Å². The number of aromatic nitrogens is 1. The molecule has 0 bridgehead atoms. The summed E-state index contributed by atoms with van der Waals surface area (Å²) in [6, 6.07) is 7.37. The number of benzene rings is 1. The molecule has 1 N–H and O–H groups in total. The Morgan fingerprint density at radius 3 is 2.54 bits per heavy atom. The molecule has 0 aliphatic heterocycles. The van der Waals surface area contributed by atoms with E-state index in [-0.39, 0.29) is 18.4 Å². The van der Waals surface area contributed by atoms with Crippen LogP contribution in [0.1, 0.15) is 22.8 Å². The summed E-state index contributed by atoms with van der Waals surface area (Å²) in [5.41, 5.74) is 3.02. The molecule has 3 rings (SSSR count). The molecule has 136 valence electrons. The van der Waals surface area contributed by atoms with Crippen LogP contribution >= 0.6 is 23.2 Å². The third-order valence-electron chi connectivity index (χ3n) is 4.69. The van der Waals surface area contributed by atoms with E-state index >= 15 is 0 Å². The van der Waals surface area contributed by atoms with Gasteiger partial charge in [-0.3, -0.25) is 9.78 Å². The van der Waals surface area contributed by atoms with Crippen LogP contribution in [0.5, 0.6) is 0 Å². The molecule has 1 atom stereocenters. The monoisotopic (exact) mass is 390 g/mol. The van der Waals surface area contributed by atoms with Crippen LogP contribution in [-0.4, -0.2) is 34.0 Å². The number of aliphatic hydroxyl groups excluding tert-OH is 1. The van der Waals surface area contributed by atoms with E-state index < -0.39 is 6.10 Å². The van der Waals surface area contributed by atoms with Crippen molar-refractivity contribution in [1.82, 2.24) is 9.88 Å². The fraction of sp³-hybridized carbons (Fsp3) is 0.300. The fourth-order valence-electron chi connectivity index (χ4n) is 3.42. The number of amides is 1. The first-order chi connectivity index (χ1) is 12.5. The number of rotatable bonds is 6. The van der Waals surface area contributed by atoms with Gasteiger partial charge >= 0.3 is 0 Å². The van der Waals surface area contributed by atoms with Crippen molar-refractivity contribution >= 4 is 29.1 Å². The van der Waals surface area contributed by atoms with Gasteiger partial charge in [-0.2, -0.15) is 0 Å². The summed E-state index contributed by atoms with van der Waals surface area (Å²) in [5, 5.41) is 11.6. The molecule has 0 saturated heterocycles. The summed E-state index contributed by atoms with van der Waals surface area (Å²) < 4.78 is 0. The number of pyridine rings is 1. The highest BCUT2D eigenvalue weighted by Gasteiger charge is 2.27. The largest absolute Gasteiger partial charge is 0.386 e. The van der Waals surface area contributed by atoms with Crippen LogP contribution in [0.25, 0.3) is 0 Å². The maximum absolute atomic E-state index is 12.3. The SMILES string of the molecule is C=CC(=O)N(CC1Cc2cc(Cl)c(Cl)cc2C1)C[C@@H](O)c1cccnc1. The number of halogens is 2. The molecule has 1 heterocycles. The van der Waals surface area contributed by atoms with E-state index in [9.17, 15) is 9.90 Å². The van der Waals surface area contributed by atoms with Gasteiger partial charge in [0, 0.05) is 24.5 Å². The van der Waals surface area contributed by atoms with E-state index in [1.165, 1.54) is 17.2 Å². The zero-order valence-corrected chi connectivity index (χ0v) is 15.7. The number of aliphatic hydroxyl groups is 1. The molecule has 0 fully saturated rings. The summed E-state index contributed by atoms with van der Waals surface area (Å²) in [6.07, 6.45) is 5.41. The number of carbonyl (C=O) groups excluding carboxylic acids is 1. The Labute approximate surface area is 163 Å². The van der Waals surface area contributed by atoms with Gasteiger partial charge in [0.1, 0.15) is 0 Å². The van der Waals surface area contributed by atoms with Crippen molar-refractivity contribution < 1.29 is 9.90 Å². The van der Waals surface area contributed by atoms with Gasteiger partial charge in [0.15, 0.2) is 0 Å². The van der Waals surface area contributed by atoms with Crippen molar-refractivity contribution in [3.8, 4) is 0 Å². The molecule has 1 aromatic heterocycles. The fourth-order valence-corrected chi connectivity index (χ4v) is 3.79. The van der Waals surface area contributed by atoms with Crippen molar-refractivity contribution in [3.63, 3.8) is 0 Å². The summed E-state index contributed by atoms with van der Waals surface area (Å²) >= 11 is 12.2. The number of carbonyl (C=O) groups is 1. The van der Waals surface area contributed by atoms with Crippen LogP contribution < -0.4 is 0 Å². The predicted molar refractivity (Wildman–Crippen MR) is 103 cm³/mol. The molecule has 1 aliphatic carbocycles. The van der Waals surface area contributed by atoms with Gasteiger partial charge in [-0.05, 0) is 54.2 Å². The molecule has 6 heteroatoms. The molecule has 26 heavy (non-hydrogen) atoms. The third-order valence-corrected chi connectivity index (χ3v) is 5.41. The first-order valence-electron chi connectivity index (χ1n) is 8.44. The Morgan fingerprint density at radius 1 is 1.35 bits per heavy atom. The summed E-state index contributed by atoms with van der Waals surface area (Å²) in [6.45, 7) is 4.31. The lowest BCUT2D eigenvalue weighted by atomic mass is 10.0. The van der Waals surface area contributed by atoms with Crippen molar-refractivity contribution in [2.24, 2.45) is 5.92 Å². The van der Waals surface area contributed by atoms with Gasteiger partial charge in [0.2, 0.25) is 5.91 Å². The highest BCUT2D eigenvalue weighted by molar-refractivity contribution is 6.42. The Hall–Kier alpha value is -1.88. The lowest BCUT2D eigenvalue weighted by Crippen LogP contribution is -2.37. The highest BCUT2D eigenvalue weighted by atomic mass is 35.5. The van der Waals surface area contributed by atoms with E-state index in [1.54, 1.807) is 29.4 Å². The Balaban J connectivity index is 1.70. The topological polar surface area (TPSA) is 53.4 Å². The van der Waals surface area contributed by atoms with Crippen molar-refractivity contribution in [1.29, 1.82) is 0 Å². The quantitative estimate of drug-likeness (QED) is 0.761.